The van der Waals surface area contributed by atoms with Crippen molar-refractivity contribution in [3.05, 3.63) is 102 Å². The smallest absolute Gasteiger partial charge is 0.411 e. The summed E-state index contributed by atoms with van der Waals surface area (Å²) in [5.74, 6) is -0.229. The van der Waals surface area contributed by atoms with E-state index < -0.39 is 6.09 Å². The molecule has 2 N–H and O–H groups in total. The zero-order valence-electron chi connectivity index (χ0n) is 18.2. The second-order valence-corrected chi connectivity index (χ2v) is 7.62. The van der Waals surface area contributed by atoms with Gasteiger partial charge >= 0.3 is 6.09 Å². The summed E-state index contributed by atoms with van der Waals surface area (Å²) in [6.07, 6.45) is 2.39. The molecule has 1 heterocycles. The number of rotatable bonds is 7. The van der Waals surface area contributed by atoms with Gasteiger partial charge in [-0.2, -0.15) is 5.10 Å². The molecule has 33 heavy (non-hydrogen) atoms. The Morgan fingerprint density at radius 3 is 2.36 bits per heavy atom. The fourth-order valence-electron chi connectivity index (χ4n) is 3.56. The number of nitrogens with one attached hydrogen (secondary N) is 1. The van der Waals surface area contributed by atoms with Gasteiger partial charge < -0.3 is 10.4 Å². The van der Waals surface area contributed by atoms with E-state index in [0.29, 0.717) is 23.5 Å². The van der Waals surface area contributed by atoms with Gasteiger partial charge in [-0.1, -0.05) is 48.0 Å². The van der Waals surface area contributed by atoms with Crippen LogP contribution in [0.25, 0.3) is 11.1 Å². The molecular weight excluding hydrogens is 416 g/mol. The highest BCUT2D eigenvalue weighted by Crippen LogP contribution is 2.25. The summed E-state index contributed by atoms with van der Waals surface area (Å²) in [4.78, 5) is 26.0. The van der Waals surface area contributed by atoms with Crippen molar-refractivity contribution >= 4 is 23.4 Å². The van der Waals surface area contributed by atoms with Crippen molar-refractivity contribution in [1.82, 2.24) is 9.78 Å². The lowest BCUT2D eigenvalue weighted by molar-refractivity contribution is 0.102. The van der Waals surface area contributed by atoms with Crippen molar-refractivity contribution < 1.29 is 14.7 Å². The third-order valence-corrected chi connectivity index (χ3v) is 5.31. The van der Waals surface area contributed by atoms with Gasteiger partial charge in [0.1, 0.15) is 0 Å². The number of aromatic nitrogens is 2. The molecular formula is C26H24N4O3. The first kappa shape index (κ1) is 21.8. The molecule has 0 saturated carbocycles. The molecule has 0 fully saturated rings. The summed E-state index contributed by atoms with van der Waals surface area (Å²) >= 11 is 0. The van der Waals surface area contributed by atoms with Gasteiger partial charge in [0, 0.05) is 35.9 Å². The highest BCUT2D eigenvalue weighted by Gasteiger charge is 2.16. The van der Waals surface area contributed by atoms with Crippen molar-refractivity contribution in [1.29, 1.82) is 0 Å². The molecule has 0 radical (unpaired) electrons. The van der Waals surface area contributed by atoms with Crippen molar-refractivity contribution in [2.24, 2.45) is 0 Å². The van der Waals surface area contributed by atoms with Crippen LogP contribution in [0.3, 0.4) is 0 Å². The summed E-state index contributed by atoms with van der Waals surface area (Å²) in [6, 6.07) is 24.0. The van der Waals surface area contributed by atoms with E-state index >= 15 is 0 Å². The Kier molecular flexibility index (Phi) is 6.50. The third kappa shape index (κ3) is 5.27. The SMILES string of the molecule is Cc1ccc(-c2ccccc2C(=O)Nc2ccc(N(CCn3cccn3)C(=O)O)cc2)cc1. The van der Waals surface area contributed by atoms with Crippen molar-refractivity contribution in [3.8, 4) is 11.1 Å². The summed E-state index contributed by atoms with van der Waals surface area (Å²) < 4.78 is 1.68. The number of amides is 2. The number of anilines is 2. The minimum absolute atomic E-state index is 0.229. The van der Waals surface area contributed by atoms with Crippen LogP contribution in [0.1, 0.15) is 15.9 Å². The summed E-state index contributed by atoms with van der Waals surface area (Å²) in [5, 5.41) is 16.6. The topological polar surface area (TPSA) is 87.5 Å². The normalized spacial score (nSPS) is 10.6. The average Bonchev–Trinajstić information content (AvgIpc) is 3.34. The minimum Gasteiger partial charge on any atom is -0.465 e. The highest BCUT2D eigenvalue weighted by atomic mass is 16.4. The van der Waals surface area contributed by atoms with Gasteiger partial charge in [0.05, 0.1) is 6.54 Å². The summed E-state index contributed by atoms with van der Waals surface area (Å²) in [5.41, 5.74) is 4.64. The van der Waals surface area contributed by atoms with Crippen LogP contribution in [0.4, 0.5) is 16.2 Å². The Morgan fingerprint density at radius 2 is 1.70 bits per heavy atom. The fraction of sp³-hybridized carbons (Fsp3) is 0.115. The van der Waals surface area contributed by atoms with Crippen molar-refractivity contribution in [3.63, 3.8) is 0 Å². The van der Waals surface area contributed by atoms with Crippen LogP contribution < -0.4 is 10.2 Å². The zero-order chi connectivity index (χ0) is 23.2. The molecule has 0 bridgehead atoms. The molecule has 4 rings (SSSR count). The quantitative estimate of drug-likeness (QED) is 0.408. The van der Waals surface area contributed by atoms with Crippen LogP contribution in [-0.4, -0.2) is 33.4 Å². The molecule has 0 atom stereocenters. The predicted octanol–water partition coefficient (Wildman–Crippen LogP) is 5.30. The molecule has 3 aromatic carbocycles. The number of carboxylic acid groups (broad SMARTS) is 1. The number of carbonyl (C=O) groups is 2. The summed E-state index contributed by atoms with van der Waals surface area (Å²) in [6.45, 7) is 2.72. The molecule has 4 aromatic rings. The maximum Gasteiger partial charge on any atom is 0.411 e. The van der Waals surface area contributed by atoms with E-state index in [1.807, 2.05) is 49.4 Å². The molecule has 7 heteroatoms. The number of hydrogen-bond acceptors (Lipinski definition) is 3. The minimum atomic E-state index is -1.05. The van der Waals surface area contributed by atoms with E-state index in [4.69, 9.17) is 0 Å². The fourth-order valence-corrected chi connectivity index (χ4v) is 3.56. The molecule has 2 amide bonds. The summed E-state index contributed by atoms with van der Waals surface area (Å²) in [7, 11) is 0. The second kappa shape index (κ2) is 9.82. The van der Waals surface area contributed by atoms with Gasteiger partial charge in [0.25, 0.3) is 5.91 Å². The van der Waals surface area contributed by atoms with Gasteiger partial charge in [-0.05, 0) is 54.4 Å². The molecule has 7 nitrogen and oxygen atoms in total. The molecule has 0 saturated heterocycles. The highest BCUT2D eigenvalue weighted by molar-refractivity contribution is 6.08. The van der Waals surface area contributed by atoms with Gasteiger partial charge in [-0.15, -0.1) is 0 Å². The molecule has 0 aliphatic carbocycles. The van der Waals surface area contributed by atoms with E-state index in [-0.39, 0.29) is 12.5 Å². The Balaban J connectivity index is 1.48. The van der Waals surface area contributed by atoms with Crippen LogP contribution in [0.5, 0.6) is 0 Å². The van der Waals surface area contributed by atoms with E-state index in [9.17, 15) is 14.7 Å². The first-order valence-corrected chi connectivity index (χ1v) is 10.6. The van der Waals surface area contributed by atoms with Crippen LogP contribution in [0, 0.1) is 6.92 Å². The molecule has 0 spiro atoms. The van der Waals surface area contributed by atoms with E-state index in [1.165, 1.54) is 4.90 Å². The maximum atomic E-state index is 13.0. The molecule has 0 unspecified atom stereocenters. The van der Waals surface area contributed by atoms with E-state index in [1.54, 1.807) is 53.5 Å². The molecule has 0 aliphatic rings. The Labute approximate surface area is 191 Å². The Morgan fingerprint density at radius 1 is 0.970 bits per heavy atom. The zero-order valence-corrected chi connectivity index (χ0v) is 18.2. The number of nitrogens with zero attached hydrogens (tertiary/aromatic N) is 3. The largest absolute Gasteiger partial charge is 0.465 e. The molecule has 0 aliphatic heterocycles. The monoisotopic (exact) mass is 440 g/mol. The van der Waals surface area contributed by atoms with Crippen molar-refractivity contribution in [2.75, 3.05) is 16.8 Å². The maximum absolute atomic E-state index is 13.0. The standard InChI is InChI=1S/C26H24N4O3/c1-19-7-9-20(10-8-19)23-5-2-3-6-24(23)25(31)28-21-11-13-22(14-12-21)30(26(32)33)18-17-29-16-4-15-27-29/h2-16H,17-18H2,1H3,(H,28,31)(H,32,33). The van der Waals surface area contributed by atoms with Crippen LogP contribution in [0.2, 0.25) is 0 Å². The number of hydrogen-bond donors (Lipinski definition) is 2. The van der Waals surface area contributed by atoms with E-state index in [0.717, 1.165) is 16.7 Å². The Hall–Kier alpha value is -4.39. The lowest BCUT2D eigenvalue weighted by atomic mass is 9.98. The Bertz CT molecular complexity index is 1230. The number of aryl methyl sites for hydroxylation is 1. The van der Waals surface area contributed by atoms with Gasteiger partial charge in [0.15, 0.2) is 0 Å². The number of carbonyl (C=O) groups excluding carboxylic acids is 1. The first-order chi connectivity index (χ1) is 16.0. The van der Waals surface area contributed by atoms with Crippen LogP contribution in [0.15, 0.2) is 91.3 Å². The van der Waals surface area contributed by atoms with E-state index in [2.05, 4.69) is 10.4 Å². The number of benzene rings is 3. The van der Waals surface area contributed by atoms with Crippen LogP contribution >= 0.6 is 0 Å². The lowest BCUT2D eigenvalue weighted by Gasteiger charge is -2.19. The molecule has 166 valence electrons. The van der Waals surface area contributed by atoms with Gasteiger partial charge in [-0.25, -0.2) is 4.79 Å². The predicted molar refractivity (Wildman–Crippen MR) is 129 cm³/mol. The first-order valence-electron chi connectivity index (χ1n) is 10.6. The van der Waals surface area contributed by atoms with Gasteiger partial charge in [-0.3, -0.25) is 14.4 Å². The average molecular weight is 441 g/mol. The second-order valence-electron chi connectivity index (χ2n) is 7.62. The van der Waals surface area contributed by atoms with Crippen LogP contribution in [-0.2, 0) is 6.54 Å². The lowest BCUT2D eigenvalue weighted by Crippen LogP contribution is -2.32. The third-order valence-electron chi connectivity index (χ3n) is 5.31. The van der Waals surface area contributed by atoms with Gasteiger partial charge in [0.2, 0.25) is 0 Å². The van der Waals surface area contributed by atoms with Crippen molar-refractivity contribution in [2.45, 2.75) is 13.5 Å². The molecule has 1 aromatic heterocycles.